The van der Waals surface area contributed by atoms with E-state index in [4.69, 9.17) is 0 Å². The number of hydrogen-bond donors (Lipinski definition) is 1. The quantitative estimate of drug-likeness (QED) is 0.353. The molecular formula is C17H24O4. The van der Waals surface area contributed by atoms with Crippen molar-refractivity contribution in [3.8, 4) is 11.8 Å². The number of methoxy groups -OCH3 is 1. The lowest BCUT2D eigenvalue weighted by Gasteiger charge is -2.13. The molecule has 1 N–H and O–H groups in total. The maximum absolute atomic E-state index is 11.8. The van der Waals surface area contributed by atoms with Gasteiger partial charge in [0.1, 0.15) is 0 Å². The zero-order valence-corrected chi connectivity index (χ0v) is 12.9. The van der Waals surface area contributed by atoms with Crippen LogP contribution in [0.15, 0.2) is 11.6 Å². The van der Waals surface area contributed by atoms with Crippen LogP contribution in [0.4, 0.5) is 0 Å². The minimum absolute atomic E-state index is 0.00691. The van der Waals surface area contributed by atoms with Crippen LogP contribution in [0.5, 0.6) is 0 Å². The summed E-state index contributed by atoms with van der Waals surface area (Å²) in [5.74, 6) is 5.52. The van der Waals surface area contributed by atoms with E-state index in [2.05, 4.69) is 23.5 Å². The van der Waals surface area contributed by atoms with Crippen LogP contribution < -0.4 is 0 Å². The average molecular weight is 292 g/mol. The van der Waals surface area contributed by atoms with Crippen LogP contribution in [0.3, 0.4) is 0 Å². The number of Topliss-reactive ketones (excluding diaryl/α,β-unsaturated/α-hetero) is 1. The highest BCUT2D eigenvalue weighted by molar-refractivity contribution is 5.99. The molecule has 0 bridgehead atoms. The number of allylic oxidation sites excluding steroid dienone is 1. The van der Waals surface area contributed by atoms with Gasteiger partial charge in [0.15, 0.2) is 5.78 Å². The fourth-order valence-corrected chi connectivity index (χ4v) is 2.45. The number of ether oxygens (including phenoxy) is 1. The fourth-order valence-electron chi connectivity index (χ4n) is 2.45. The standard InChI is InChI=1S/C17H24O4/c1-3-4-9-13-14(16(19)12-15(13)18)10-7-5-6-8-11-17(20)21-2/h10,13,15,18H,3-4,6,8-9,11-12H2,1-2H3/b14-10-. The van der Waals surface area contributed by atoms with Gasteiger partial charge < -0.3 is 9.84 Å². The maximum atomic E-state index is 11.8. The van der Waals surface area contributed by atoms with E-state index in [1.54, 1.807) is 6.08 Å². The van der Waals surface area contributed by atoms with Gasteiger partial charge in [0.25, 0.3) is 0 Å². The second-order valence-corrected chi connectivity index (χ2v) is 5.29. The van der Waals surface area contributed by atoms with Crippen LogP contribution in [0.1, 0.15) is 51.9 Å². The van der Waals surface area contributed by atoms with E-state index in [0.29, 0.717) is 24.8 Å². The monoisotopic (exact) mass is 292 g/mol. The molecule has 1 aliphatic rings. The molecule has 0 saturated heterocycles. The van der Waals surface area contributed by atoms with Crippen molar-refractivity contribution in [2.45, 2.75) is 58.0 Å². The van der Waals surface area contributed by atoms with Gasteiger partial charge in [-0.15, -0.1) is 0 Å². The lowest BCUT2D eigenvalue weighted by molar-refractivity contribution is -0.140. The highest BCUT2D eigenvalue weighted by Crippen LogP contribution is 2.32. The van der Waals surface area contributed by atoms with Crippen LogP contribution >= 0.6 is 0 Å². The Bertz CT molecular complexity index is 453. The average Bonchev–Trinajstić information content (AvgIpc) is 2.74. The minimum atomic E-state index is -0.559. The summed E-state index contributed by atoms with van der Waals surface area (Å²) in [5, 5.41) is 9.92. The highest BCUT2D eigenvalue weighted by atomic mass is 16.5. The van der Waals surface area contributed by atoms with Crippen molar-refractivity contribution in [3.05, 3.63) is 11.6 Å². The van der Waals surface area contributed by atoms with Gasteiger partial charge in [-0.1, -0.05) is 31.6 Å². The molecule has 21 heavy (non-hydrogen) atoms. The van der Waals surface area contributed by atoms with Crippen LogP contribution in [0.25, 0.3) is 0 Å². The van der Waals surface area contributed by atoms with E-state index in [9.17, 15) is 14.7 Å². The van der Waals surface area contributed by atoms with E-state index in [0.717, 1.165) is 19.3 Å². The number of aliphatic hydroxyl groups excluding tert-OH is 1. The SMILES string of the molecule is CCCCC1/C(=C/C#CCCCC(=O)OC)C(=O)CC1O. The second-order valence-electron chi connectivity index (χ2n) is 5.29. The lowest BCUT2D eigenvalue weighted by atomic mass is 9.94. The van der Waals surface area contributed by atoms with Crippen molar-refractivity contribution in [3.63, 3.8) is 0 Å². The number of hydrogen-bond acceptors (Lipinski definition) is 4. The predicted octanol–water partition coefficient (Wildman–Crippen LogP) is 2.40. The van der Waals surface area contributed by atoms with Gasteiger partial charge in [-0.2, -0.15) is 0 Å². The predicted molar refractivity (Wildman–Crippen MR) is 80.4 cm³/mol. The molecule has 0 amide bonds. The molecule has 0 heterocycles. The number of carbonyl (C=O) groups excluding carboxylic acids is 2. The van der Waals surface area contributed by atoms with E-state index < -0.39 is 6.10 Å². The third-order valence-corrected chi connectivity index (χ3v) is 3.69. The van der Waals surface area contributed by atoms with Crippen molar-refractivity contribution < 1.29 is 19.4 Å². The maximum Gasteiger partial charge on any atom is 0.305 e. The summed E-state index contributed by atoms with van der Waals surface area (Å²) in [6.07, 6.45) is 5.78. The van der Waals surface area contributed by atoms with E-state index in [1.807, 2.05) is 0 Å². The van der Waals surface area contributed by atoms with Gasteiger partial charge in [0.2, 0.25) is 0 Å². The number of unbranched alkanes of at least 4 members (excludes halogenated alkanes) is 2. The number of carbonyl (C=O) groups is 2. The first-order chi connectivity index (χ1) is 10.1. The number of rotatable bonds is 6. The molecule has 0 aromatic heterocycles. The molecule has 0 spiro atoms. The van der Waals surface area contributed by atoms with E-state index >= 15 is 0 Å². The first kappa shape index (κ1) is 17.5. The van der Waals surface area contributed by atoms with Gasteiger partial charge in [-0.3, -0.25) is 9.59 Å². The molecule has 0 radical (unpaired) electrons. The third-order valence-electron chi connectivity index (χ3n) is 3.69. The van der Waals surface area contributed by atoms with E-state index in [-0.39, 0.29) is 24.1 Å². The molecule has 0 aromatic carbocycles. The first-order valence-corrected chi connectivity index (χ1v) is 7.56. The van der Waals surface area contributed by atoms with Crippen molar-refractivity contribution in [1.82, 2.24) is 0 Å². The summed E-state index contributed by atoms with van der Waals surface area (Å²) < 4.78 is 4.54. The van der Waals surface area contributed by atoms with Gasteiger partial charge >= 0.3 is 5.97 Å². The van der Waals surface area contributed by atoms with Gasteiger partial charge in [-0.25, -0.2) is 0 Å². The topological polar surface area (TPSA) is 63.6 Å². The van der Waals surface area contributed by atoms with Crippen molar-refractivity contribution in [2.24, 2.45) is 5.92 Å². The normalized spacial score (nSPS) is 23.0. The van der Waals surface area contributed by atoms with Crippen molar-refractivity contribution in [1.29, 1.82) is 0 Å². The largest absolute Gasteiger partial charge is 0.469 e. The lowest BCUT2D eigenvalue weighted by Crippen LogP contribution is -2.14. The Kier molecular flexibility index (Phi) is 7.78. The molecule has 4 nitrogen and oxygen atoms in total. The zero-order chi connectivity index (χ0) is 15.7. The number of ketones is 1. The molecule has 2 unspecified atom stereocenters. The third kappa shape index (κ3) is 5.73. The van der Waals surface area contributed by atoms with Crippen molar-refractivity contribution >= 4 is 11.8 Å². The Labute approximate surface area is 126 Å². The number of aliphatic hydroxyl groups is 1. The summed E-state index contributed by atoms with van der Waals surface area (Å²) in [5.41, 5.74) is 0.663. The summed E-state index contributed by atoms with van der Waals surface area (Å²) >= 11 is 0. The Morgan fingerprint density at radius 2 is 2.24 bits per heavy atom. The Morgan fingerprint density at radius 1 is 1.48 bits per heavy atom. The van der Waals surface area contributed by atoms with E-state index in [1.165, 1.54) is 7.11 Å². The Balaban J connectivity index is 2.52. The van der Waals surface area contributed by atoms with Gasteiger partial charge in [0.05, 0.1) is 13.2 Å². The molecule has 1 aliphatic carbocycles. The minimum Gasteiger partial charge on any atom is -0.469 e. The molecule has 0 aromatic rings. The molecule has 2 atom stereocenters. The fraction of sp³-hybridized carbons (Fsp3) is 0.647. The summed E-state index contributed by atoms with van der Waals surface area (Å²) in [4.78, 5) is 22.8. The smallest absolute Gasteiger partial charge is 0.305 e. The first-order valence-electron chi connectivity index (χ1n) is 7.56. The molecule has 1 fully saturated rings. The summed E-state index contributed by atoms with van der Waals surface area (Å²) in [7, 11) is 1.37. The Morgan fingerprint density at radius 3 is 2.90 bits per heavy atom. The molecule has 0 aliphatic heterocycles. The van der Waals surface area contributed by atoms with Crippen LogP contribution in [-0.4, -0.2) is 30.1 Å². The Hall–Kier alpha value is -1.60. The molecule has 1 saturated carbocycles. The highest BCUT2D eigenvalue weighted by Gasteiger charge is 2.35. The zero-order valence-electron chi connectivity index (χ0n) is 12.9. The van der Waals surface area contributed by atoms with Crippen LogP contribution in [-0.2, 0) is 14.3 Å². The van der Waals surface area contributed by atoms with Crippen LogP contribution in [0, 0.1) is 17.8 Å². The molecular weight excluding hydrogens is 268 g/mol. The van der Waals surface area contributed by atoms with Gasteiger partial charge in [-0.05, 0) is 18.9 Å². The molecule has 1 rings (SSSR count). The van der Waals surface area contributed by atoms with Gasteiger partial charge in [0, 0.05) is 30.8 Å². The summed E-state index contributed by atoms with van der Waals surface area (Å²) in [6.45, 7) is 2.09. The number of esters is 1. The molecule has 116 valence electrons. The molecule has 4 heteroatoms. The second kappa shape index (κ2) is 9.36. The van der Waals surface area contributed by atoms with Crippen molar-refractivity contribution in [2.75, 3.05) is 7.11 Å². The van der Waals surface area contributed by atoms with Crippen LogP contribution in [0.2, 0.25) is 0 Å². The summed E-state index contributed by atoms with van der Waals surface area (Å²) in [6, 6.07) is 0.